The summed E-state index contributed by atoms with van der Waals surface area (Å²) >= 11 is 1.21. The molecule has 0 saturated carbocycles. The molecule has 8 nitrogen and oxygen atoms in total. The summed E-state index contributed by atoms with van der Waals surface area (Å²) in [5.41, 5.74) is 6.06. The van der Waals surface area contributed by atoms with Gasteiger partial charge in [0.1, 0.15) is 23.9 Å². The first-order valence-electron chi connectivity index (χ1n) is 8.96. The Balaban J connectivity index is 1.91. The van der Waals surface area contributed by atoms with Crippen LogP contribution in [-0.2, 0) is 11.4 Å². The average Bonchev–Trinajstić information content (AvgIpc) is 3.14. The number of methoxy groups -OCH3 is 1. The van der Waals surface area contributed by atoms with Crippen molar-refractivity contribution >= 4 is 17.7 Å². The lowest BCUT2D eigenvalue weighted by Crippen LogP contribution is -2.14. The zero-order valence-electron chi connectivity index (χ0n) is 16.2. The fourth-order valence-corrected chi connectivity index (χ4v) is 3.31. The number of benzene rings is 2. The molecule has 1 heterocycles. The van der Waals surface area contributed by atoms with E-state index in [1.807, 2.05) is 60.0 Å². The first-order chi connectivity index (χ1) is 14.1. The summed E-state index contributed by atoms with van der Waals surface area (Å²) in [7, 11) is 1.61. The number of carbonyl (C=O) groups is 1. The molecule has 0 spiro atoms. The first-order valence-corrected chi connectivity index (χ1v) is 9.95. The van der Waals surface area contributed by atoms with E-state index in [0.717, 1.165) is 11.4 Å². The van der Waals surface area contributed by atoms with E-state index in [1.165, 1.54) is 11.8 Å². The van der Waals surface area contributed by atoms with E-state index in [1.54, 1.807) is 7.11 Å². The van der Waals surface area contributed by atoms with E-state index in [-0.39, 0.29) is 12.4 Å². The average molecular weight is 414 g/mol. The predicted octanol–water partition coefficient (Wildman–Crippen LogP) is 2.83. The van der Waals surface area contributed by atoms with Crippen molar-refractivity contribution < 1.29 is 19.0 Å². The molecule has 29 heavy (non-hydrogen) atoms. The van der Waals surface area contributed by atoms with Gasteiger partial charge in [-0.3, -0.25) is 9.36 Å². The predicted molar refractivity (Wildman–Crippen MR) is 110 cm³/mol. The molecule has 3 rings (SSSR count). The molecule has 1 aromatic heterocycles. The fraction of sp³-hybridized carbons (Fsp3) is 0.250. The van der Waals surface area contributed by atoms with Gasteiger partial charge in [-0.25, -0.2) is 0 Å². The SMILES string of the molecule is CCOc1ccccc1-n1c(COc2ccc(OC)cc2)nnc1SCC(N)=O. The third-order valence-electron chi connectivity index (χ3n) is 3.88. The van der Waals surface area contributed by atoms with Crippen molar-refractivity contribution in [1.29, 1.82) is 0 Å². The van der Waals surface area contributed by atoms with Gasteiger partial charge in [0.2, 0.25) is 5.91 Å². The number of carbonyl (C=O) groups excluding carboxylic acids is 1. The van der Waals surface area contributed by atoms with Crippen molar-refractivity contribution in [2.45, 2.75) is 18.7 Å². The minimum Gasteiger partial charge on any atom is -0.497 e. The molecule has 0 unspecified atom stereocenters. The van der Waals surface area contributed by atoms with Crippen LogP contribution in [0.5, 0.6) is 17.2 Å². The number of ether oxygens (including phenoxy) is 3. The van der Waals surface area contributed by atoms with Crippen LogP contribution >= 0.6 is 11.8 Å². The summed E-state index contributed by atoms with van der Waals surface area (Å²) in [6.07, 6.45) is 0. The largest absolute Gasteiger partial charge is 0.497 e. The minimum absolute atomic E-state index is 0.0915. The number of primary amides is 1. The van der Waals surface area contributed by atoms with Gasteiger partial charge in [-0.1, -0.05) is 23.9 Å². The third-order valence-corrected chi connectivity index (χ3v) is 4.83. The number of hydrogen-bond donors (Lipinski definition) is 1. The number of nitrogens with zero attached hydrogens (tertiary/aromatic N) is 3. The number of aromatic nitrogens is 3. The van der Waals surface area contributed by atoms with Crippen LogP contribution in [0, 0.1) is 0 Å². The topological polar surface area (TPSA) is 101 Å². The second-order valence-corrected chi connectivity index (χ2v) is 6.80. The van der Waals surface area contributed by atoms with Crippen molar-refractivity contribution in [3.05, 3.63) is 54.4 Å². The van der Waals surface area contributed by atoms with Crippen molar-refractivity contribution in [1.82, 2.24) is 14.8 Å². The Morgan fingerprint density at radius 3 is 2.48 bits per heavy atom. The van der Waals surface area contributed by atoms with Crippen LogP contribution in [0.4, 0.5) is 0 Å². The summed E-state index contributed by atoms with van der Waals surface area (Å²) in [6, 6.07) is 14.8. The molecular formula is C20H22N4O4S. The van der Waals surface area contributed by atoms with Gasteiger partial charge < -0.3 is 19.9 Å². The normalized spacial score (nSPS) is 10.6. The van der Waals surface area contributed by atoms with E-state index >= 15 is 0 Å². The van der Waals surface area contributed by atoms with E-state index in [0.29, 0.717) is 29.1 Å². The Hall–Kier alpha value is -3.20. The van der Waals surface area contributed by atoms with E-state index in [2.05, 4.69) is 10.2 Å². The number of rotatable bonds is 10. The molecule has 3 aromatic rings. The fourth-order valence-electron chi connectivity index (χ4n) is 2.60. The molecular weight excluding hydrogens is 392 g/mol. The number of nitrogens with two attached hydrogens (primary N) is 1. The van der Waals surface area contributed by atoms with Gasteiger partial charge in [-0.2, -0.15) is 0 Å². The summed E-state index contributed by atoms with van der Waals surface area (Å²) < 4.78 is 18.6. The maximum Gasteiger partial charge on any atom is 0.227 e. The minimum atomic E-state index is -0.432. The zero-order valence-corrected chi connectivity index (χ0v) is 17.0. The van der Waals surface area contributed by atoms with E-state index in [9.17, 15) is 4.79 Å². The van der Waals surface area contributed by atoms with Gasteiger partial charge in [0, 0.05) is 0 Å². The zero-order chi connectivity index (χ0) is 20.6. The molecule has 1 amide bonds. The standard InChI is InChI=1S/C20H22N4O4S/c1-3-27-17-7-5-4-6-16(17)24-19(22-23-20(24)29-13-18(21)25)12-28-15-10-8-14(26-2)9-11-15/h4-11H,3,12-13H2,1-2H3,(H2,21,25). The number of para-hydroxylation sites is 2. The van der Waals surface area contributed by atoms with Crippen LogP contribution in [0.15, 0.2) is 53.7 Å². The van der Waals surface area contributed by atoms with Gasteiger partial charge in [-0.15, -0.1) is 10.2 Å². The van der Waals surface area contributed by atoms with Crippen LogP contribution in [0.1, 0.15) is 12.7 Å². The maximum absolute atomic E-state index is 11.2. The highest BCUT2D eigenvalue weighted by Gasteiger charge is 2.18. The number of thioether (sulfide) groups is 1. The molecule has 0 aliphatic heterocycles. The van der Waals surface area contributed by atoms with Gasteiger partial charge in [0.05, 0.1) is 25.2 Å². The van der Waals surface area contributed by atoms with Crippen molar-refractivity contribution in [2.75, 3.05) is 19.5 Å². The summed E-state index contributed by atoms with van der Waals surface area (Å²) in [6.45, 7) is 2.61. The molecule has 0 saturated heterocycles. The molecule has 0 aliphatic carbocycles. The Morgan fingerprint density at radius 2 is 1.79 bits per heavy atom. The van der Waals surface area contributed by atoms with E-state index < -0.39 is 5.91 Å². The smallest absolute Gasteiger partial charge is 0.227 e. The highest BCUT2D eigenvalue weighted by atomic mass is 32.2. The van der Waals surface area contributed by atoms with Gasteiger partial charge >= 0.3 is 0 Å². The molecule has 0 bridgehead atoms. The molecule has 152 valence electrons. The Labute approximate surface area is 173 Å². The van der Waals surface area contributed by atoms with Crippen molar-refractivity contribution in [3.63, 3.8) is 0 Å². The van der Waals surface area contributed by atoms with Crippen LogP contribution in [-0.4, -0.2) is 40.1 Å². The molecule has 0 fully saturated rings. The lowest BCUT2D eigenvalue weighted by Gasteiger charge is -2.15. The van der Waals surface area contributed by atoms with Gasteiger partial charge in [0.25, 0.3) is 0 Å². The van der Waals surface area contributed by atoms with Crippen molar-refractivity contribution in [3.8, 4) is 22.9 Å². The summed E-state index contributed by atoms with van der Waals surface area (Å²) in [4.78, 5) is 11.2. The van der Waals surface area contributed by atoms with Gasteiger partial charge in [0.15, 0.2) is 11.0 Å². The molecule has 0 aliphatic rings. The maximum atomic E-state index is 11.2. The third kappa shape index (κ3) is 5.20. The Morgan fingerprint density at radius 1 is 1.07 bits per heavy atom. The van der Waals surface area contributed by atoms with Crippen LogP contribution < -0.4 is 19.9 Å². The quantitative estimate of drug-likeness (QED) is 0.509. The van der Waals surface area contributed by atoms with Gasteiger partial charge in [-0.05, 0) is 43.3 Å². The molecule has 9 heteroatoms. The second kappa shape index (κ2) is 9.83. The van der Waals surface area contributed by atoms with Crippen molar-refractivity contribution in [2.24, 2.45) is 5.73 Å². The van der Waals surface area contributed by atoms with Crippen LogP contribution in [0.3, 0.4) is 0 Å². The number of amides is 1. The second-order valence-electron chi connectivity index (χ2n) is 5.85. The first kappa shape index (κ1) is 20.5. The molecule has 0 radical (unpaired) electrons. The van der Waals surface area contributed by atoms with Crippen LogP contribution in [0.2, 0.25) is 0 Å². The van der Waals surface area contributed by atoms with E-state index in [4.69, 9.17) is 19.9 Å². The summed E-state index contributed by atoms with van der Waals surface area (Å²) in [5.74, 6) is 2.33. The van der Waals surface area contributed by atoms with Crippen LogP contribution in [0.25, 0.3) is 5.69 Å². The summed E-state index contributed by atoms with van der Waals surface area (Å²) in [5, 5.41) is 9.00. The number of hydrogen-bond acceptors (Lipinski definition) is 7. The highest BCUT2D eigenvalue weighted by molar-refractivity contribution is 7.99. The Kier molecular flexibility index (Phi) is 6.96. The monoisotopic (exact) mass is 414 g/mol. The highest BCUT2D eigenvalue weighted by Crippen LogP contribution is 2.29. The lowest BCUT2D eigenvalue weighted by atomic mass is 10.3. The Bertz CT molecular complexity index is 959. The lowest BCUT2D eigenvalue weighted by molar-refractivity contribution is -0.115. The molecule has 2 N–H and O–H groups in total. The molecule has 2 aromatic carbocycles. The molecule has 0 atom stereocenters.